The molecule has 44 valence electrons. The topological polar surface area (TPSA) is 81.5 Å². The molecule has 4 heteroatoms. The highest BCUT2D eigenvalue weighted by atomic mass is 16.1. The van der Waals surface area contributed by atoms with E-state index in [-0.39, 0.29) is 5.70 Å². The van der Waals surface area contributed by atoms with Gasteiger partial charge < -0.3 is 11.5 Å². The van der Waals surface area contributed by atoms with Gasteiger partial charge >= 0.3 is 0 Å². The SMILES string of the molecule is C=N/C(=C/N)C(N)=O. The molecule has 0 saturated carbocycles. The molecule has 0 aromatic rings. The molecular weight excluding hydrogens is 106 g/mol. The lowest BCUT2D eigenvalue weighted by atomic mass is 10.5. The van der Waals surface area contributed by atoms with Crippen LogP contribution in [0.2, 0.25) is 0 Å². The third kappa shape index (κ3) is 1.42. The van der Waals surface area contributed by atoms with Crippen molar-refractivity contribution in [2.45, 2.75) is 0 Å². The maximum Gasteiger partial charge on any atom is 0.268 e. The van der Waals surface area contributed by atoms with Crippen molar-refractivity contribution in [3.8, 4) is 0 Å². The second-order valence-corrected chi connectivity index (χ2v) is 1.07. The van der Waals surface area contributed by atoms with Crippen LogP contribution in [0.4, 0.5) is 0 Å². The molecule has 0 heterocycles. The van der Waals surface area contributed by atoms with E-state index >= 15 is 0 Å². The Hall–Kier alpha value is -1.32. The average molecular weight is 113 g/mol. The highest BCUT2D eigenvalue weighted by Crippen LogP contribution is 1.86. The van der Waals surface area contributed by atoms with Crippen LogP contribution >= 0.6 is 0 Å². The van der Waals surface area contributed by atoms with E-state index in [2.05, 4.69) is 11.7 Å². The van der Waals surface area contributed by atoms with Crippen molar-refractivity contribution in [1.82, 2.24) is 0 Å². The van der Waals surface area contributed by atoms with Gasteiger partial charge in [-0.25, -0.2) is 0 Å². The van der Waals surface area contributed by atoms with E-state index in [0.717, 1.165) is 6.20 Å². The first-order valence-corrected chi connectivity index (χ1v) is 1.90. The zero-order valence-corrected chi connectivity index (χ0v) is 4.29. The number of hydrogen-bond donors (Lipinski definition) is 2. The van der Waals surface area contributed by atoms with Gasteiger partial charge in [0.1, 0.15) is 5.70 Å². The van der Waals surface area contributed by atoms with Crippen LogP contribution in [0.15, 0.2) is 16.9 Å². The maximum absolute atomic E-state index is 10.1. The molecule has 0 fully saturated rings. The first kappa shape index (κ1) is 6.68. The molecule has 4 nitrogen and oxygen atoms in total. The van der Waals surface area contributed by atoms with Crippen molar-refractivity contribution in [2.24, 2.45) is 16.5 Å². The van der Waals surface area contributed by atoms with Crippen LogP contribution < -0.4 is 11.5 Å². The summed E-state index contributed by atoms with van der Waals surface area (Å²) in [7, 11) is 0. The Morgan fingerprint density at radius 1 is 1.75 bits per heavy atom. The summed E-state index contributed by atoms with van der Waals surface area (Å²) >= 11 is 0. The summed E-state index contributed by atoms with van der Waals surface area (Å²) in [5.41, 5.74) is 9.62. The van der Waals surface area contributed by atoms with Crippen LogP contribution in [0, 0.1) is 0 Å². The third-order valence-corrected chi connectivity index (χ3v) is 0.581. The Labute approximate surface area is 46.9 Å². The molecule has 8 heavy (non-hydrogen) atoms. The first-order valence-electron chi connectivity index (χ1n) is 1.90. The quantitative estimate of drug-likeness (QED) is 0.354. The molecule has 1 amide bonds. The number of primary amides is 1. The molecule has 4 N–H and O–H groups in total. The number of carbonyl (C=O) groups is 1. The molecule has 0 radical (unpaired) electrons. The summed E-state index contributed by atoms with van der Waals surface area (Å²) in [6, 6.07) is 0. The number of aliphatic imine (C=N–C) groups is 1. The van der Waals surface area contributed by atoms with Gasteiger partial charge in [-0.2, -0.15) is 0 Å². The van der Waals surface area contributed by atoms with E-state index in [1.165, 1.54) is 0 Å². The minimum Gasteiger partial charge on any atom is -0.403 e. The van der Waals surface area contributed by atoms with Gasteiger partial charge in [-0.05, 0) is 6.72 Å². The van der Waals surface area contributed by atoms with Gasteiger partial charge in [-0.1, -0.05) is 0 Å². The predicted octanol–water partition coefficient (Wildman–Crippen LogP) is -1.03. The van der Waals surface area contributed by atoms with E-state index in [0.29, 0.717) is 0 Å². The smallest absolute Gasteiger partial charge is 0.268 e. The number of amides is 1. The number of carbonyl (C=O) groups excluding carboxylic acids is 1. The molecule has 0 rings (SSSR count). The van der Waals surface area contributed by atoms with Gasteiger partial charge in [0.25, 0.3) is 5.91 Å². The molecule has 0 aromatic heterocycles. The van der Waals surface area contributed by atoms with Crippen molar-refractivity contribution in [3.05, 3.63) is 11.9 Å². The Morgan fingerprint density at radius 2 is 2.25 bits per heavy atom. The third-order valence-electron chi connectivity index (χ3n) is 0.581. The summed E-state index contributed by atoms with van der Waals surface area (Å²) in [6.45, 7) is 3.05. The molecule has 0 bridgehead atoms. The maximum atomic E-state index is 10.1. The summed E-state index contributed by atoms with van der Waals surface area (Å²) in [5, 5.41) is 0. The van der Waals surface area contributed by atoms with Crippen molar-refractivity contribution in [2.75, 3.05) is 0 Å². The zero-order chi connectivity index (χ0) is 6.57. The van der Waals surface area contributed by atoms with Gasteiger partial charge in [0, 0.05) is 6.20 Å². The lowest BCUT2D eigenvalue weighted by molar-refractivity contribution is -0.114. The Kier molecular flexibility index (Phi) is 2.33. The molecule has 0 unspecified atom stereocenters. The van der Waals surface area contributed by atoms with E-state index in [1.807, 2.05) is 0 Å². The largest absolute Gasteiger partial charge is 0.403 e. The van der Waals surface area contributed by atoms with E-state index in [9.17, 15) is 4.79 Å². The van der Waals surface area contributed by atoms with Crippen LogP contribution in [0.5, 0.6) is 0 Å². The fourth-order valence-corrected chi connectivity index (χ4v) is 0.213. The molecule has 0 aromatic carbocycles. The molecule has 0 saturated heterocycles. The minimum absolute atomic E-state index is 0.00926. The Bertz CT molecular complexity index is 138. The zero-order valence-electron chi connectivity index (χ0n) is 4.29. The average Bonchev–Trinajstić information content (AvgIpc) is 1.69. The van der Waals surface area contributed by atoms with Crippen molar-refractivity contribution in [3.63, 3.8) is 0 Å². The highest BCUT2D eigenvalue weighted by Gasteiger charge is 1.96. The van der Waals surface area contributed by atoms with Gasteiger partial charge in [0.05, 0.1) is 0 Å². The molecule has 0 atom stereocenters. The highest BCUT2D eigenvalue weighted by molar-refractivity contribution is 5.92. The van der Waals surface area contributed by atoms with Gasteiger partial charge in [0.2, 0.25) is 0 Å². The second-order valence-electron chi connectivity index (χ2n) is 1.07. The normalized spacial score (nSPS) is 10.8. The van der Waals surface area contributed by atoms with Gasteiger partial charge in [-0.15, -0.1) is 0 Å². The van der Waals surface area contributed by atoms with Crippen LogP contribution in [-0.2, 0) is 4.79 Å². The monoisotopic (exact) mass is 113 g/mol. The molecule has 0 aliphatic rings. The number of rotatable bonds is 2. The summed E-state index contributed by atoms with van der Waals surface area (Å²) in [5.74, 6) is -0.664. The standard InChI is InChI=1S/C4H7N3O/c1-7-3(2-5)4(6)8/h2H,1,5H2,(H2,6,8)/b3-2+. The Balaban J connectivity index is 4.13. The summed E-state index contributed by atoms with van der Waals surface area (Å²) in [6.07, 6.45) is 1.01. The predicted molar refractivity (Wildman–Crippen MR) is 31.0 cm³/mol. The van der Waals surface area contributed by atoms with E-state index in [4.69, 9.17) is 11.5 Å². The fraction of sp³-hybridized carbons (Fsp3) is 0. The van der Waals surface area contributed by atoms with Crippen molar-refractivity contribution < 1.29 is 4.79 Å². The number of hydrogen-bond acceptors (Lipinski definition) is 3. The van der Waals surface area contributed by atoms with Gasteiger partial charge in [0.15, 0.2) is 0 Å². The molecule has 0 aliphatic heterocycles. The van der Waals surface area contributed by atoms with Gasteiger partial charge in [-0.3, -0.25) is 9.79 Å². The fourth-order valence-electron chi connectivity index (χ4n) is 0.213. The molecule has 0 spiro atoms. The Morgan fingerprint density at radius 3 is 2.25 bits per heavy atom. The molecular formula is C4H7N3O. The van der Waals surface area contributed by atoms with Crippen LogP contribution in [-0.4, -0.2) is 12.6 Å². The van der Waals surface area contributed by atoms with Crippen molar-refractivity contribution >= 4 is 12.6 Å². The lowest BCUT2D eigenvalue weighted by Gasteiger charge is -1.87. The number of nitrogens with two attached hydrogens (primary N) is 2. The lowest BCUT2D eigenvalue weighted by Crippen LogP contribution is -2.13. The van der Waals surface area contributed by atoms with Crippen molar-refractivity contribution in [1.29, 1.82) is 0 Å². The van der Waals surface area contributed by atoms with E-state index in [1.54, 1.807) is 0 Å². The molecule has 0 aliphatic carbocycles. The number of nitrogens with zero attached hydrogens (tertiary/aromatic N) is 1. The second kappa shape index (κ2) is 2.79. The van der Waals surface area contributed by atoms with Crippen LogP contribution in [0.3, 0.4) is 0 Å². The summed E-state index contributed by atoms with van der Waals surface area (Å²) in [4.78, 5) is 13.3. The van der Waals surface area contributed by atoms with E-state index < -0.39 is 5.91 Å². The van der Waals surface area contributed by atoms with Crippen LogP contribution in [0.1, 0.15) is 0 Å². The minimum atomic E-state index is -0.664. The van der Waals surface area contributed by atoms with Crippen LogP contribution in [0.25, 0.3) is 0 Å². The summed E-state index contributed by atoms with van der Waals surface area (Å²) < 4.78 is 0. The first-order chi connectivity index (χ1) is 3.72.